The Morgan fingerprint density at radius 3 is 2.48 bits per heavy atom. The minimum Gasteiger partial charge on any atom is -0.386 e. The number of rotatable bonds is 5. The highest BCUT2D eigenvalue weighted by Crippen LogP contribution is 2.26. The second kappa shape index (κ2) is 6.51. The normalized spacial score (nSPS) is 11.1. The molecule has 0 fully saturated rings. The quantitative estimate of drug-likeness (QED) is 0.646. The number of anilines is 1. The van der Waals surface area contributed by atoms with Crippen molar-refractivity contribution in [2.24, 2.45) is 5.41 Å². The zero-order valence-corrected chi connectivity index (χ0v) is 12.6. The Labute approximate surface area is 122 Å². The van der Waals surface area contributed by atoms with Gasteiger partial charge in [-0.3, -0.25) is 14.9 Å². The molecule has 21 heavy (non-hydrogen) atoms. The van der Waals surface area contributed by atoms with Crippen molar-refractivity contribution in [1.82, 2.24) is 5.32 Å². The predicted molar refractivity (Wildman–Crippen MR) is 79.0 cm³/mol. The number of hydrogen-bond acceptors (Lipinski definition) is 4. The highest BCUT2D eigenvalue weighted by atomic mass is 19.1. The Morgan fingerprint density at radius 1 is 1.38 bits per heavy atom. The number of carbonyl (C=O) groups excluding carboxylic acids is 1. The van der Waals surface area contributed by atoms with Crippen molar-refractivity contribution >= 4 is 17.3 Å². The summed E-state index contributed by atoms with van der Waals surface area (Å²) >= 11 is 0. The van der Waals surface area contributed by atoms with Crippen LogP contribution < -0.4 is 10.6 Å². The molecule has 0 atom stereocenters. The summed E-state index contributed by atoms with van der Waals surface area (Å²) < 4.78 is 13.6. The van der Waals surface area contributed by atoms with E-state index < -0.39 is 22.3 Å². The number of carbonyl (C=O) groups is 1. The molecule has 0 radical (unpaired) electrons. The smallest absolute Gasteiger partial charge is 0.285 e. The van der Waals surface area contributed by atoms with Crippen molar-refractivity contribution in [3.63, 3.8) is 0 Å². The third kappa shape index (κ3) is 4.70. The van der Waals surface area contributed by atoms with E-state index in [1.165, 1.54) is 7.05 Å². The van der Waals surface area contributed by atoms with E-state index in [1.807, 2.05) is 20.8 Å². The van der Waals surface area contributed by atoms with E-state index in [9.17, 15) is 19.3 Å². The molecule has 0 aliphatic rings. The van der Waals surface area contributed by atoms with Crippen molar-refractivity contribution in [3.05, 3.63) is 33.6 Å². The van der Waals surface area contributed by atoms with Gasteiger partial charge in [-0.1, -0.05) is 20.8 Å². The molecule has 0 aliphatic heterocycles. The number of nitrogens with zero attached hydrogens (tertiary/aromatic N) is 1. The fourth-order valence-corrected chi connectivity index (χ4v) is 1.73. The molecule has 1 aromatic rings. The van der Waals surface area contributed by atoms with E-state index in [0.717, 1.165) is 18.6 Å². The van der Waals surface area contributed by atoms with Crippen LogP contribution in [-0.4, -0.2) is 24.4 Å². The number of benzene rings is 1. The molecule has 0 saturated heterocycles. The molecule has 0 unspecified atom stereocenters. The number of amides is 1. The monoisotopic (exact) mass is 297 g/mol. The Kier molecular flexibility index (Phi) is 5.23. The lowest BCUT2D eigenvalue weighted by molar-refractivity contribution is -0.385. The van der Waals surface area contributed by atoms with Gasteiger partial charge in [-0.05, 0) is 17.9 Å². The van der Waals surface area contributed by atoms with Crippen molar-refractivity contribution in [2.45, 2.75) is 27.2 Å². The first-order valence-electron chi connectivity index (χ1n) is 6.59. The Balaban J connectivity index is 2.99. The van der Waals surface area contributed by atoms with Crippen molar-refractivity contribution in [2.75, 3.05) is 18.9 Å². The van der Waals surface area contributed by atoms with Crippen LogP contribution in [-0.2, 0) is 0 Å². The molecule has 1 aromatic carbocycles. The van der Waals surface area contributed by atoms with Crippen LogP contribution in [0.2, 0.25) is 0 Å². The van der Waals surface area contributed by atoms with Gasteiger partial charge in [0.25, 0.3) is 11.6 Å². The van der Waals surface area contributed by atoms with Crippen molar-refractivity contribution in [3.8, 4) is 0 Å². The molecule has 0 aromatic heterocycles. The maximum Gasteiger partial charge on any atom is 0.285 e. The van der Waals surface area contributed by atoms with Crippen LogP contribution in [0.4, 0.5) is 15.8 Å². The molecule has 7 heteroatoms. The molecule has 0 saturated carbocycles. The highest BCUT2D eigenvalue weighted by Gasteiger charge is 2.23. The molecular formula is C14H20FN3O3. The fourth-order valence-electron chi connectivity index (χ4n) is 1.73. The SMILES string of the molecule is CNc1cc(C(=O)NCCC(C)(C)C)c([N+](=O)[O-])cc1F. The largest absolute Gasteiger partial charge is 0.386 e. The van der Waals surface area contributed by atoms with Crippen LogP contribution in [0.15, 0.2) is 12.1 Å². The van der Waals surface area contributed by atoms with E-state index in [1.54, 1.807) is 0 Å². The van der Waals surface area contributed by atoms with Gasteiger partial charge in [0.05, 0.1) is 16.7 Å². The minimum atomic E-state index is -0.768. The Hall–Kier alpha value is -2.18. The first-order chi connectivity index (χ1) is 9.65. The van der Waals surface area contributed by atoms with Gasteiger partial charge in [0, 0.05) is 13.6 Å². The summed E-state index contributed by atoms with van der Waals surface area (Å²) in [7, 11) is 1.48. The predicted octanol–water partition coefficient (Wildman–Crippen LogP) is 2.94. The van der Waals surface area contributed by atoms with Gasteiger partial charge in [-0.15, -0.1) is 0 Å². The van der Waals surface area contributed by atoms with E-state index >= 15 is 0 Å². The molecule has 0 aliphatic carbocycles. The van der Waals surface area contributed by atoms with Gasteiger partial charge in [-0.2, -0.15) is 0 Å². The number of halogens is 1. The minimum absolute atomic E-state index is 0.0398. The Morgan fingerprint density at radius 2 is 2.00 bits per heavy atom. The average molecular weight is 297 g/mol. The topological polar surface area (TPSA) is 84.3 Å². The van der Waals surface area contributed by atoms with Crippen LogP contribution >= 0.6 is 0 Å². The fraction of sp³-hybridized carbons (Fsp3) is 0.500. The van der Waals surface area contributed by atoms with Crippen LogP contribution in [0.3, 0.4) is 0 Å². The second-order valence-corrected chi connectivity index (χ2v) is 5.92. The first-order valence-corrected chi connectivity index (χ1v) is 6.59. The van der Waals surface area contributed by atoms with E-state index in [0.29, 0.717) is 6.54 Å². The zero-order chi connectivity index (χ0) is 16.2. The van der Waals surface area contributed by atoms with Gasteiger partial charge in [-0.25, -0.2) is 4.39 Å². The van der Waals surface area contributed by atoms with Gasteiger partial charge in [0.2, 0.25) is 0 Å². The van der Waals surface area contributed by atoms with Crippen molar-refractivity contribution < 1.29 is 14.1 Å². The summed E-state index contributed by atoms with van der Waals surface area (Å²) in [5.74, 6) is -1.35. The summed E-state index contributed by atoms with van der Waals surface area (Å²) in [4.78, 5) is 22.3. The first kappa shape index (κ1) is 16.9. The second-order valence-electron chi connectivity index (χ2n) is 5.92. The van der Waals surface area contributed by atoms with Gasteiger partial charge in [0.1, 0.15) is 5.56 Å². The van der Waals surface area contributed by atoms with Crippen LogP contribution in [0.1, 0.15) is 37.6 Å². The molecule has 0 heterocycles. The lowest BCUT2D eigenvalue weighted by Crippen LogP contribution is -2.28. The Bertz CT molecular complexity index is 553. The summed E-state index contributed by atoms with van der Waals surface area (Å²) in [6.07, 6.45) is 0.729. The third-order valence-electron chi connectivity index (χ3n) is 2.96. The summed E-state index contributed by atoms with van der Waals surface area (Å²) in [6.45, 7) is 6.47. The third-order valence-corrected chi connectivity index (χ3v) is 2.96. The maximum absolute atomic E-state index is 13.6. The summed E-state index contributed by atoms with van der Waals surface area (Å²) in [5, 5.41) is 16.1. The maximum atomic E-state index is 13.6. The molecule has 2 N–H and O–H groups in total. The molecule has 0 spiro atoms. The summed E-state index contributed by atoms with van der Waals surface area (Å²) in [5.41, 5.74) is -0.612. The van der Waals surface area contributed by atoms with Crippen LogP contribution in [0, 0.1) is 21.3 Å². The average Bonchev–Trinajstić information content (AvgIpc) is 2.36. The summed E-state index contributed by atoms with van der Waals surface area (Å²) in [6, 6.07) is 1.91. The van der Waals surface area contributed by atoms with Crippen LogP contribution in [0.5, 0.6) is 0 Å². The van der Waals surface area contributed by atoms with Gasteiger partial charge in [0.15, 0.2) is 5.82 Å². The molecule has 0 bridgehead atoms. The lowest BCUT2D eigenvalue weighted by Gasteiger charge is -2.18. The van der Waals surface area contributed by atoms with E-state index in [4.69, 9.17) is 0 Å². The molecule has 6 nitrogen and oxygen atoms in total. The molecule has 1 amide bonds. The van der Waals surface area contributed by atoms with Crippen LogP contribution in [0.25, 0.3) is 0 Å². The van der Waals surface area contributed by atoms with Gasteiger partial charge >= 0.3 is 0 Å². The number of nitro groups is 1. The number of nitro benzene ring substituents is 1. The van der Waals surface area contributed by atoms with Crippen molar-refractivity contribution in [1.29, 1.82) is 0 Å². The number of nitrogens with one attached hydrogen (secondary N) is 2. The van der Waals surface area contributed by atoms with E-state index in [2.05, 4.69) is 10.6 Å². The lowest BCUT2D eigenvalue weighted by atomic mass is 9.92. The van der Waals surface area contributed by atoms with Gasteiger partial charge < -0.3 is 10.6 Å². The molecule has 116 valence electrons. The molecular weight excluding hydrogens is 277 g/mol. The van der Waals surface area contributed by atoms with E-state index in [-0.39, 0.29) is 16.7 Å². The standard InChI is InChI=1S/C14H20FN3O3/c1-14(2,3)5-6-17-13(19)9-7-11(16-4)10(15)8-12(9)18(20)21/h7-8,16H,5-6H2,1-4H3,(H,17,19). The highest BCUT2D eigenvalue weighted by molar-refractivity contribution is 5.99. The zero-order valence-electron chi connectivity index (χ0n) is 12.6. The number of hydrogen-bond donors (Lipinski definition) is 2. The molecule has 1 rings (SSSR count).